The molecule has 22 heavy (non-hydrogen) atoms. The Morgan fingerprint density at radius 2 is 2.18 bits per heavy atom. The molecule has 1 N–H and O–H groups in total. The number of thioether (sulfide) groups is 1. The molecule has 1 aromatic carbocycles. The van der Waals surface area contributed by atoms with Gasteiger partial charge in [-0.15, -0.1) is 0 Å². The largest absolute Gasteiger partial charge is 0.618 e. The minimum absolute atomic E-state index is 0.213. The number of anilines is 1. The van der Waals surface area contributed by atoms with E-state index in [1.54, 1.807) is 43.3 Å². The van der Waals surface area contributed by atoms with E-state index in [-0.39, 0.29) is 5.91 Å². The summed E-state index contributed by atoms with van der Waals surface area (Å²) >= 11 is 7.21. The quantitative estimate of drug-likeness (QED) is 0.517. The van der Waals surface area contributed by atoms with Crippen molar-refractivity contribution in [2.24, 2.45) is 0 Å². The van der Waals surface area contributed by atoms with Crippen LogP contribution in [0, 0.1) is 5.21 Å². The molecule has 0 saturated carbocycles. The van der Waals surface area contributed by atoms with Gasteiger partial charge in [0.05, 0.1) is 17.4 Å². The zero-order valence-electron chi connectivity index (χ0n) is 12.1. The van der Waals surface area contributed by atoms with Crippen molar-refractivity contribution >= 4 is 35.0 Å². The fourth-order valence-corrected chi connectivity index (χ4v) is 2.83. The Balaban J connectivity index is 2.02. The summed E-state index contributed by atoms with van der Waals surface area (Å²) in [6.45, 7) is 1.73. The molecule has 1 heterocycles. The van der Waals surface area contributed by atoms with Crippen LogP contribution in [0.25, 0.3) is 0 Å². The third-order valence-corrected chi connectivity index (χ3v) is 4.30. The summed E-state index contributed by atoms with van der Waals surface area (Å²) in [5.74, 6) is 0.328. The number of nitrogens with zero attached hydrogens (tertiary/aromatic N) is 1. The Hall–Kier alpha value is -1.92. The van der Waals surface area contributed by atoms with Gasteiger partial charge in [-0.05, 0) is 43.0 Å². The van der Waals surface area contributed by atoms with E-state index in [1.807, 2.05) is 0 Å². The van der Waals surface area contributed by atoms with Gasteiger partial charge in [0, 0.05) is 17.8 Å². The van der Waals surface area contributed by atoms with Crippen molar-refractivity contribution in [1.29, 1.82) is 0 Å². The molecule has 0 bridgehead atoms. The predicted molar refractivity (Wildman–Crippen MR) is 87.4 cm³/mol. The molecule has 116 valence electrons. The minimum atomic E-state index is -0.427. The summed E-state index contributed by atoms with van der Waals surface area (Å²) in [6.07, 6.45) is 1.40. The number of pyridine rings is 1. The van der Waals surface area contributed by atoms with Crippen LogP contribution in [0.2, 0.25) is 5.02 Å². The van der Waals surface area contributed by atoms with Crippen LogP contribution in [0.15, 0.2) is 47.6 Å². The Labute approximate surface area is 137 Å². The van der Waals surface area contributed by atoms with Gasteiger partial charge < -0.3 is 15.3 Å². The maximum Gasteiger partial charge on any atom is 0.252 e. The standard InChI is InChI=1S/C15H15ClN2O3S/c1-10(22-14-5-3-4-8-18(14)20)15(19)17-11-6-7-13(21-2)12(16)9-11/h3-10H,1-2H3,(H,17,19)/t10-/m1/s1. The van der Waals surface area contributed by atoms with Gasteiger partial charge in [-0.2, -0.15) is 4.73 Å². The number of benzene rings is 1. The summed E-state index contributed by atoms with van der Waals surface area (Å²) in [7, 11) is 1.52. The lowest BCUT2D eigenvalue weighted by Gasteiger charge is -2.12. The molecule has 1 aromatic heterocycles. The first-order chi connectivity index (χ1) is 10.5. The van der Waals surface area contributed by atoms with Crippen LogP contribution < -0.4 is 14.8 Å². The zero-order chi connectivity index (χ0) is 16.1. The molecule has 1 amide bonds. The molecule has 0 fully saturated rings. The van der Waals surface area contributed by atoms with Gasteiger partial charge in [-0.3, -0.25) is 4.79 Å². The van der Waals surface area contributed by atoms with Crippen molar-refractivity contribution in [3.05, 3.63) is 52.8 Å². The number of carbonyl (C=O) groups is 1. The van der Waals surface area contributed by atoms with Gasteiger partial charge >= 0.3 is 0 Å². The first kappa shape index (κ1) is 16.5. The van der Waals surface area contributed by atoms with Crippen molar-refractivity contribution in [2.45, 2.75) is 17.2 Å². The summed E-state index contributed by atoms with van der Waals surface area (Å²) < 4.78 is 5.79. The second-order valence-electron chi connectivity index (χ2n) is 4.46. The molecule has 2 aromatic rings. The fourth-order valence-electron chi connectivity index (χ4n) is 1.73. The van der Waals surface area contributed by atoms with E-state index in [1.165, 1.54) is 25.1 Å². The molecule has 0 spiro atoms. The number of carbonyl (C=O) groups excluding carboxylic acids is 1. The van der Waals surface area contributed by atoms with Gasteiger partial charge in [0.25, 0.3) is 5.03 Å². The van der Waals surface area contributed by atoms with Crippen LogP contribution in [0.1, 0.15) is 6.92 Å². The van der Waals surface area contributed by atoms with Gasteiger partial charge in [0.15, 0.2) is 6.20 Å². The third kappa shape index (κ3) is 4.05. The molecule has 1 atom stereocenters. The highest BCUT2D eigenvalue weighted by molar-refractivity contribution is 8.00. The molecule has 0 aliphatic rings. The summed E-state index contributed by atoms with van der Waals surface area (Å²) in [4.78, 5) is 12.2. The van der Waals surface area contributed by atoms with E-state index < -0.39 is 5.25 Å². The lowest BCUT2D eigenvalue weighted by atomic mass is 10.3. The van der Waals surface area contributed by atoms with Crippen LogP contribution in [-0.2, 0) is 4.79 Å². The SMILES string of the molecule is COc1ccc(NC(=O)[C@@H](C)Sc2cccc[n+]2[O-])cc1Cl. The predicted octanol–water partition coefficient (Wildman–Crippen LogP) is 3.10. The molecule has 0 radical (unpaired) electrons. The molecule has 5 nitrogen and oxygen atoms in total. The van der Waals surface area contributed by atoms with E-state index in [0.29, 0.717) is 21.5 Å². The highest BCUT2D eigenvalue weighted by atomic mass is 35.5. The normalized spacial score (nSPS) is 11.8. The molecule has 7 heteroatoms. The summed E-state index contributed by atoms with van der Waals surface area (Å²) in [5, 5.41) is 14.8. The van der Waals surface area contributed by atoms with Crippen molar-refractivity contribution in [2.75, 3.05) is 12.4 Å². The third-order valence-electron chi connectivity index (χ3n) is 2.87. The average molecular weight is 339 g/mol. The van der Waals surface area contributed by atoms with E-state index in [9.17, 15) is 10.0 Å². The minimum Gasteiger partial charge on any atom is -0.618 e. The number of hydrogen-bond donors (Lipinski definition) is 1. The van der Waals surface area contributed by atoms with Crippen molar-refractivity contribution in [1.82, 2.24) is 0 Å². The van der Waals surface area contributed by atoms with Crippen LogP contribution >= 0.6 is 23.4 Å². The molecular formula is C15H15ClN2O3S. The molecule has 0 saturated heterocycles. The fraction of sp³-hybridized carbons (Fsp3) is 0.200. The van der Waals surface area contributed by atoms with Crippen molar-refractivity contribution in [3.63, 3.8) is 0 Å². The van der Waals surface area contributed by atoms with Crippen LogP contribution in [0.5, 0.6) is 5.75 Å². The monoisotopic (exact) mass is 338 g/mol. The number of ether oxygens (including phenoxy) is 1. The van der Waals surface area contributed by atoms with Gasteiger partial charge in [-0.25, -0.2) is 0 Å². The van der Waals surface area contributed by atoms with Crippen molar-refractivity contribution in [3.8, 4) is 5.75 Å². The van der Waals surface area contributed by atoms with Crippen LogP contribution in [0.3, 0.4) is 0 Å². The smallest absolute Gasteiger partial charge is 0.252 e. The molecule has 2 rings (SSSR count). The molecule has 0 aliphatic carbocycles. The van der Waals surface area contributed by atoms with E-state index >= 15 is 0 Å². The Morgan fingerprint density at radius 3 is 2.82 bits per heavy atom. The van der Waals surface area contributed by atoms with Crippen LogP contribution in [0.4, 0.5) is 5.69 Å². The maximum atomic E-state index is 12.2. The molecule has 0 aliphatic heterocycles. The highest BCUT2D eigenvalue weighted by Gasteiger charge is 2.19. The van der Waals surface area contributed by atoms with E-state index in [2.05, 4.69) is 5.32 Å². The zero-order valence-corrected chi connectivity index (χ0v) is 13.6. The Bertz CT molecular complexity index is 682. The lowest BCUT2D eigenvalue weighted by molar-refractivity contribution is -0.645. The van der Waals surface area contributed by atoms with Crippen LogP contribution in [-0.4, -0.2) is 18.3 Å². The summed E-state index contributed by atoms with van der Waals surface area (Å²) in [6, 6.07) is 10.1. The highest BCUT2D eigenvalue weighted by Crippen LogP contribution is 2.28. The van der Waals surface area contributed by atoms with E-state index in [4.69, 9.17) is 16.3 Å². The number of rotatable bonds is 5. The first-order valence-electron chi connectivity index (χ1n) is 6.50. The Morgan fingerprint density at radius 1 is 1.41 bits per heavy atom. The first-order valence-corrected chi connectivity index (χ1v) is 7.76. The summed E-state index contributed by atoms with van der Waals surface area (Å²) in [5.41, 5.74) is 0.575. The number of methoxy groups -OCH3 is 1. The average Bonchev–Trinajstić information content (AvgIpc) is 2.49. The second kappa shape index (κ2) is 7.38. The molecule has 0 unspecified atom stereocenters. The molecular weight excluding hydrogens is 324 g/mol. The number of halogens is 1. The lowest BCUT2D eigenvalue weighted by Crippen LogP contribution is -2.30. The maximum absolute atomic E-state index is 12.2. The van der Waals surface area contributed by atoms with Gasteiger partial charge in [-0.1, -0.05) is 11.6 Å². The number of amides is 1. The number of aromatic nitrogens is 1. The van der Waals surface area contributed by atoms with Crippen molar-refractivity contribution < 1.29 is 14.3 Å². The topological polar surface area (TPSA) is 65.3 Å². The van der Waals surface area contributed by atoms with Gasteiger partial charge in [0.1, 0.15) is 5.75 Å². The number of nitrogens with one attached hydrogen (secondary N) is 1. The number of hydrogen-bond acceptors (Lipinski definition) is 4. The van der Waals surface area contributed by atoms with Gasteiger partial charge in [0.2, 0.25) is 5.91 Å². The van der Waals surface area contributed by atoms with E-state index in [0.717, 1.165) is 4.73 Å². The second-order valence-corrected chi connectivity index (χ2v) is 6.23. The Kier molecular flexibility index (Phi) is 5.51.